The molecule has 2 aromatic heterocycles. The molecule has 6 nitrogen and oxygen atoms in total. The molecule has 4 rings (SSSR count). The summed E-state index contributed by atoms with van der Waals surface area (Å²) in [6.45, 7) is 0.575. The van der Waals surface area contributed by atoms with Gasteiger partial charge in [-0.3, -0.25) is 4.40 Å². The third-order valence-electron chi connectivity index (χ3n) is 5.18. The fraction of sp³-hybridized carbons (Fsp3) is 0.400. The van der Waals surface area contributed by atoms with E-state index in [1.807, 2.05) is 0 Å². The second-order valence-corrected chi connectivity index (χ2v) is 7.48. The Morgan fingerprint density at radius 1 is 1.12 bits per heavy atom. The summed E-state index contributed by atoms with van der Waals surface area (Å²) in [6, 6.07) is 5.01. The van der Waals surface area contributed by atoms with Gasteiger partial charge in [0.25, 0.3) is 0 Å². The van der Waals surface area contributed by atoms with Crippen molar-refractivity contribution in [3.8, 4) is 11.3 Å². The van der Waals surface area contributed by atoms with Crippen molar-refractivity contribution < 1.29 is 36.2 Å². The normalized spacial score (nSPS) is 20.0. The van der Waals surface area contributed by atoms with Gasteiger partial charge >= 0.3 is 12.4 Å². The van der Waals surface area contributed by atoms with E-state index in [1.165, 1.54) is 4.40 Å². The summed E-state index contributed by atoms with van der Waals surface area (Å²) in [6.07, 6.45) is -9.74. The van der Waals surface area contributed by atoms with E-state index in [4.69, 9.17) is 4.74 Å². The number of fused-ring (bicyclic) bond motifs is 1. The van der Waals surface area contributed by atoms with Crippen LogP contribution in [0.3, 0.4) is 0 Å². The number of nitrogens with zero attached hydrogens (tertiary/aromatic N) is 3. The lowest BCUT2D eigenvalue weighted by Gasteiger charge is -2.28. The monoisotopic (exact) mass is 460 g/mol. The molecule has 3 aromatic rings. The highest BCUT2D eigenvalue weighted by Gasteiger charge is 2.35. The molecule has 1 aromatic carbocycles. The van der Waals surface area contributed by atoms with Gasteiger partial charge in [-0.05, 0) is 36.2 Å². The number of hydrogen-bond donors (Lipinski definition) is 2. The fourth-order valence-corrected chi connectivity index (χ4v) is 3.67. The van der Waals surface area contributed by atoms with Crippen molar-refractivity contribution in [2.45, 2.75) is 37.3 Å². The molecule has 1 saturated heterocycles. The van der Waals surface area contributed by atoms with Crippen molar-refractivity contribution in [3.05, 3.63) is 47.7 Å². The third-order valence-corrected chi connectivity index (χ3v) is 5.18. The molecule has 1 aliphatic rings. The number of anilines is 1. The molecule has 0 unspecified atom stereocenters. The van der Waals surface area contributed by atoms with Crippen LogP contribution in [0, 0.1) is 0 Å². The molecule has 32 heavy (non-hydrogen) atoms. The topological polar surface area (TPSA) is 71.7 Å². The number of alkyl halides is 6. The van der Waals surface area contributed by atoms with Gasteiger partial charge in [-0.25, -0.2) is 0 Å². The minimum atomic E-state index is -4.78. The predicted molar refractivity (Wildman–Crippen MR) is 102 cm³/mol. The van der Waals surface area contributed by atoms with E-state index in [-0.39, 0.29) is 29.9 Å². The van der Waals surface area contributed by atoms with Crippen LogP contribution in [0.4, 0.5) is 32.3 Å². The summed E-state index contributed by atoms with van der Waals surface area (Å²) < 4.78 is 85.3. The first-order chi connectivity index (χ1) is 15.0. The summed E-state index contributed by atoms with van der Waals surface area (Å²) in [5.74, 6) is 0.240. The quantitative estimate of drug-likeness (QED) is 0.575. The lowest BCUT2D eigenvalue weighted by Crippen LogP contribution is -2.42. The molecule has 0 radical (unpaired) electrons. The zero-order valence-electron chi connectivity index (χ0n) is 16.4. The smallest absolute Gasteiger partial charge is 0.389 e. The van der Waals surface area contributed by atoms with E-state index in [1.54, 1.807) is 18.3 Å². The van der Waals surface area contributed by atoms with E-state index in [9.17, 15) is 31.4 Å². The first-order valence-corrected chi connectivity index (χ1v) is 9.66. The lowest BCUT2D eigenvalue weighted by atomic mass is 9.98. The van der Waals surface area contributed by atoms with Gasteiger partial charge in [0.1, 0.15) is 5.69 Å². The number of rotatable bonds is 4. The molecule has 0 aliphatic carbocycles. The Bertz CT molecular complexity index is 1110. The van der Waals surface area contributed by atoms with Crippen LogP contribution >= 0.6 is 0 Å². The Morgan fingerprint density at radius 2 is 1.91 bits per heavy atom. The first kappa shape index (κ1) is 22.3. The minimum absolute atomic E-state index is 0.0149. The van der Waals surface area contributed by atoms with Crippen LogP contribution in [0.15, 0.2) is 36.5 Å². The number of nitrogens with one attached hydrogen (secondary N) is 1. The first-order valence-electron chi connectivity index (χ1n) is 9.66. The second kappa shape index (κ2) is 8.24. The molecule has 1 aliphatic heterocycles. The van der Waals surface area contributed by atoms with Crippen molar-refractivity contribution in [2.24, 2.45) is 0 Å². The van der Waals surface area contributed by atoms with Crippen molar-refractivity contribution in [3.63, 3.8) is 0 Å². The van der Waals surface area contributed by atoms with Gasteiger partial charge < -0.3 is 15.2 Å². The molecule has 2 N–H and O–H groups in total. The highest BCUT2D eigenvalue weighted by atomic mass is 19.4. The molecular formula is C20H18F6N4O2. The molecular weight excluding hydrogens is 442 g/mol. The largest absolute Gasteiger partial charge is 0.416 e. The highest BCUT2D eigenvalue weighted by molar-refractivity contribution is 5.80. The standard InChI is InChI=1S/C20H18F6N4O2/c21-19(22,23)9-11-8-12(20(24,25)26)3-4-13(11)17-15-2-1-6-30(15)18(29-28-17)27-14-5-7-32-10-16(14)31/h1-4,6,8,14,16,31H,5,7,9-10H2,(H,27,29)/t14-,16+/m0/s1. The van der Waals surface area contributed by atoms with Crippen molar-refractivity contribution in [2.75, 3.05) is 18.5 Å². The van der Waals surface area contributed by atoms with Gasteiger partial charge in [0, 0.05) is 18.4 Å². The average Bonchev–Trinajstić information content (AvgIpc) is 3.19. The summed E-state index contributed by atoms with van der Waals surface area (Å²) in [5.41, 5.74) is -1.45. The van der Waals surface area contributed by atoms with Crippen LogP contribution in [-0.2, 0) is 17.3 Å². The van der Waals surface area contributed by atoms with Gasteiger partial charge in [-0.2, -0.15) is 26.3 Å². The van der Waals surface area contributed by atoms with Gasteiger partial charge in [-0.15, -0.1) is 10.2 Å². The van der Waals surface area contributed by atoms with Crippen LogP contribution in [0.2, 0.25) is 0 Å². The molecule has 0 spiro atoms. The number of aromatic nitrogens is 3. The Morgan fingerprint density at radius 3 is 2.59 bits per heavy atom. The predicted octanol–water partition coefficient (Wildman–Crippen LogP) is 4.08. The van der Waals surface area contributed by atoms with Crippen LogP contribution in [0.1, 0.15) is 17.5 Å². The van der Waals surface area contributed by atoms with E-state index in [0.717, 1.165) is 12.1 Å². The Kier molecular flexibility index (Phi) is 5.76. The maximum absolute atomic E-state index is 13.1. The summed E-state index contributed by atoms with van der Waals surface area (Å²) >= 11 is 0. The maximum atomic E-state index is 13.1. The van der Waals surface area contributed by atoms with Crippen LogP contribution in [0.25, 0.3) is 16.8 Å². The highest BCUT2D eigenvalue weighted by Crippen LogP contribution is 2.36. The molecule has 0 saturated carbocycles. The maximum Gasteiger partial charge on any atom is 0.416 e. The Balaban J connectivity index is 1.77. The van der Waals surface area contributed by atoms with Crippen molar-refractivity contribution >= 4 is 11.5 Å². The number of benzene rings is 1. The molecule has 0 bridgehead atoms. The second-order valence-electron chi connectivity index (χ2n) is 7.48. The van der Waals surface area contributed by atoms with E-state index >= 15 is 0 Å². The Hall–Kier alpha value is -2.86. The van der Waals surface area contributed by atoms with Crippen LogP contribution in [0.5, 0.6) is 0 Å². The van der Waals surface area contributed by atoms with Gasteiger partial charge in [0.2, 0.25) is 5.95 Å². The van der Waals surface area contributed by atoms with Crippen molar-refractivity contribution in [1.29, 1.82) is 0 Å². The number of aliphatic hydroxyl groups is 1. The number of halogens is 6. The summed E-state index contributed by atoms with van der Waals surface area (Å²) in [4.78, 5) is 0. The zero-order chi connectivity index (χ0) is 23.1. The van der Waals surface area contributed by atoms with Gasteiger partial charge in [-0.1, -0.05) is 6.07 Å². The van der Waals surface area contributed by atoms with E-state index in [0.29, 0.717) is 24.6 Å². The van der Waals surface area contributed by atoms with Crippen LogP contribution < -0.4 is 5.32 Å². The SMILES string of the molecule is O[C@@H]1COCC[C@@H]1Nc1nnc(-c2ccc(C(F)(F)F)cc2CC(F)(F)F)c2cccn12. The van der Waals surface area contributed by atoms with Crippen LogP contribution in [-0.4, -0.2) is 51.2 Å². The number of hydrogen-bond acceptors (Lipinski definition) is 5. The van der Waals surface area contributed by atoms with Crippen molar-refractivity contribution in [1.82, 2.24) is 14.6 Å². The summed E-state index contributed by atoms with van der Waals surface area (Å²) in [7, 11) is 0. The number of ether oxygens (including phenoxy) is 1. The molecule has 0 amide bonds. The average molecular weight is 460 g/mol. The fourth-order valence-electron chi connectivity index (χ4n) is 3.67. The zero-order valence-corrected chi connectivity index (χ0v) is 16.4. The summed E-state index contributed by atoms with van der Waals surface area (Å²) in [5, 5.41) is 21.2. The number of aliphatic hydroxyl groups excluding tert-OH is 1. The van der Waals surface area contributed by atoms with Gasteiger partial charge in [0.05, 0.1) is 36.3 Å². The minimum Gasteiger partial charge on any atom is -0.389 e. The molecule has 3 heterocycles. The van der Waals surface area contributed by atoms with E-state index in [2.05, 4.69) is 15.5 Å². The molecule has 2 atom stereocenters. The molecule has 12 heteroatoms. The lowest BCUT2D eigenvalue weighted by molar-refractivity contribution is -0.138. The molecule has 1 fully saturated rings. The Labute approximate surface area is 177 Å². The molecule has 172 valence electrons. The van der Waals surface area contributed by atoms with E-state index < -0.39 is 36.0 Å². The van der Waals surface area contributed by atoms with Gasteiger partial charge in [0.15, 0.2) is 0 Å². The third kappa shape index (κ3) is 4.65.